The molecule has 2 aromatic carbocycles. The maximum absolute atomic E-state index is 12.6. The highest BCUT2D eigenvalue weighted by Gasteiger charge is 2.41. The van der Waals surface area contributed by atoms with E-state index in [-0.39, 0.29) is 17.7 Å². The van der Waals surface area contributed by atoms with Crippen molar-refractivity contribution in [2.24, 2.45) is 0 Å². The molecule has 2 amide bonds. The number of aromatic nitrogens is 1. The highest BCUT2D eigenvalue weighted by atomic mass is 35.5. The van der Waals surface area contributed by atoms with E-state index in [9.17, 15) is 19.7 Å². The minimum atomic E-state index is -0.724. The standard InChI is InChI=1S/C18H10ClN3O5/c19-11-6-4-10(5-7-11)16-20-12(9-27-16)8-21-17(23)13-2-1-3-14(22(25)26)15(13)18(21)24/h1-7,9H,8H2. The Kier molecular flexibility index (Phi) is 3.97. The lowest BCUT2D eigenvalue weighted by Crippen LogP contribution is -2.29. The fourth-order valence-corrected chi connectivity index (χ4v) is 3.00. The molecule has 4 rings (SSSR count). The van der Waals surface area contributed by atoms with E-state index >= 15 is 0 Å². The molecule has 0 N–H and O–H groups in total. The molecular weight excluding hydrogens is 374 g/mol. The fourth-order valence-electron chi connectivity index (χ4n) is 2.88. The van der Waals surface area contributed by atoms with Gasteiger partial charge in [-0.05, 0) is 30.3 Å². The molecule has 1 aliphatic heterocycles. The minimum Gasteiger partial charge on any atom is -0.444 e. The second kappa shape index (κ2) is 6.33. The Hall–Kier alpha value is -3.52. The summed E-state index contributed by atoms with van der Waals surface area (Å²) in [6, 6.07) is 10.8. The molecule has 8 nitrogen and oxygen atoms in total. The predicted molar refractivity (Wildman–Crippen MR) is 94.2 cm³/mol. The molecule has 27 heavy (non-hydrogen) atoms. The van der Waals surface area contributed by atoms with Crippen LogP contribution >= 0.6 is 11.6 Å². The molecule has 3 aromatic rings. The third kappa shape index (κ3) is 2.85. The number of carbonyl (C=O) groups is 2. The van der Waals surface area contributed by atoms with Gasteiger partial charge in [-0.15, -0.1) is 0 Å². The summed E-state index contributed by atoms with van der Waals surface area (Å²) in [6.07, 6.45) is 1.34. The molecule has 0 saturated carbocycles. The van der Waals surface area contributed by atoms with E-state index < -0.39 is 22.4 Å². The number of nitro benzene ring substituents is 1. The van der Waals surface area contributed by atoms with Crippen LogP contribution < -0.4 is 0 Å². The molecular formula is C18H10ClN3O5. The first-order valence-electron chi connectivity index (χ1n) is 7.79. The quantitative estimate of drug-likeness (QED) is 0.386. The van der Waals surface area contributed by atoms with Gasteiger partial charge >= 0.3 is 0 Å². The molecule has 0 aliphatic carbocycles. The predicted octanol–water partition coefficient (Wildman–Crippen LogP) is 3.70. The second-order valence-electron chi connectivity index (χ2n) is 5.80. The second-order valence-corrected chi connectivity index (χ2v) is 6.24. The van der Waals surface area contributed by atoms with E-state index in [2.05, 4.69) is 4.98 Å². The Morgan fingerprint density at radius 1 is 1.11 bits per heavy atom. The normalized spacial score (nSPS) is 13.1. The molecule has 134 valence electrons. The van der Waals surface area contributed by atoms with Crippen LogP contribution in [0.4, 0.5) is 5.69 Å². The van der Waals surface area contributed by atoms with Crippen molar-refractivity contribution in [3.63, 3.8) is 0 Å². The number of nitrogens with zero attached hydrogens (tertiary/aromatic N) is 3. The smallest absolute Gasteiger partial charge is 0.282 e. The average Bonchev–Trinajstić information content (AvgIpc) is 3.22. The maximum atomic E-state index is 12.6. The highest BCUT2D eigenvalue weighted by Crippen LogP contribution is 2.32. The number of benzene rings is 2. The summed E-state index contributed by atoms with van der Waals surface area (Å²) >= 11 is 5.85. The molecule has 0 bridgehead atoms. The van der Waals surface area contributed by atoms with Crippen LogP contribution in [0.2, 0.25) is 5.02 Å². The van der Waals surface area contributed by atoms with Gasteiger partial charge < -0.3 is 4.42 Å². The number of carbonyl (C=O) groups excluding carboxylic acids is 2. The number of halogens is 1. The number of fused-ring (bicyclic) bond motifs is 1. The molecule has 0 spiro atoms. The van der Waals surface area contributed by atoms with Crippen LogP contribution in [0.25, 0.3) is 11.5 Å². The molecule has 0 saturated heterocycles. The average molecular weight is 384 g/mol. The minimum absolute atomic E-state index is 0.00983. The van der Waals surface area contributed by atoms with Gasteiger partial charge in [-0.3, -0.25) is 24.6 Å². The van der Waals surface area contributed by atoms with E-state index in [4.69, 9.17) is 16.0 Å². The van der Waals surface area contributed by atoms with Gasteiger partial charge in [0.05, 0.1) is 22.7 Å². The first-order valence-corrected chi connectivity index (χ1v) is 8.17. The lowest BCUT2D eigenvalue weighted by atomic mass is 10.1. The lowest BCUT2D eigenvalue weighted by Gasteiger charge is -2.10. The van der Waals surface area contributed by atoms with E-state index in [0.29, 0.717) is 22.2 Å². The van der Waals surface area contributed by atoms with Crippen LogP contribution in [-0.2, 0) is 6.54 Å². The van der Waals surface area contributed by atoms with Gasteiger partial charge in [0.2, 0.25) is 5.89 Å². The first kappa shape index (κ1) is 16.9. The maximum Gasteiger partial charge on any atom is 0.282 e. The van der Waals surface area contributed by atoms with Gasteiger partial charge in [-0.25, -0.2) is 4.98 Å². The summed E-state index contributed by atoms with van der Waals surface area (Å²) in [5.74, 6) is -1.02. The zero-order valence-corrected chi connectivity index (χ0v) is 14.3. The monoisotopic (exact) mass is 383 g/mol. The van der Waals surface area contributed by atoms with Crippen molar-refractivity contribution >= 4 is 29.1 Å². The van der Waals surface area contributed by atoms with Gasteiger partial charge in [-0.2, -0.15) is 0 Å². The van der Waals surface area contributed by atoms with Crippen LogP contribution in [-0.4, -0.2) is 26.6 Å². The number of amides is 2. The van der Waals surface area contributed by atoms with Gasteiger partial charge in [0.1, 0.15) is 11.8 Å². The lowest BCUT2D eigenvalue weighted by molar-refractivity contribution is -0.385. The molecule has 1 aromatic heterocycles. The number of hydrogen-bond donors (Lipinski definition) is 0. The Morgan fingerprint density at radius 3 is 2.56 bits per heavy atom. The van der Waals surface area contributed by atoms with Crippen LogP contribution in [0.3, 0.4) is 0 Å². The van der Waals surface area contributed by atoms with E-state index in [1.807, 2.05) is 0 Å². The molecule has 0 atom stereocenters. The van der Waals surface area contributed by atoms with Gasteiger partial charge in [0.15, 0.2) is 0 Å². The van der Waals surface area contributed by atoms with Crippen molar-refractivity contribution in [2.45, 2.75) is 6.54 Å². The van der Waals surface area contributed by atoms with Crippen molar-refractivity contribution in [3.8, 4) is 11.5 Å². The van der Waals surface area contributed by atoms with Gasteiger partial charge in [0.25, 0.3) is 17.5 Å². The number of nitro groups is 1. The van der Waals surface area contributed by atoms with Crippen molar-refractivity contribution in [1.29, 1.82) is 0 Å². The third-order valence-corrected chi connectivity index (χ3v) is 4.39. The van der Waals surface area contributed by atoms with Gasteiger partial charge in [0, 0.05) is 16.7 Å². The molecule has 2 heterocycles. The first-order chi connectivity index (χ1) is 13.0. The SMILES string of the molecule is O=C1c2cccc([N+](=O)[O-])c2C(=O)N1Cc1coc(-c2ccc(Cl)cc2)n1. The van der Waals surface area contributed by atoms with Crippen molar-refractivity contribution in [2.75, 3.05) is 0 Å². The van der Waals surface area contributed by atoms with Crippen LogP contribution in [0.5, 0.6) is 0 Å². The summed E-state index contributed by atoms with van der Waals surface area (Å²) in [4.78, 5) is 40.8. The van der Waals surface area contributed by atoms with Crippen molar-refractivity contribution < 1.29 is 18.9 Å². The third-order valence-electron chi connectivity index (χ3n) is 4.14. The van der Waals surface area contributed by atoms with E-state index in [1.165, 1.54) is 24.5 Å². The number of oxazole rings is 1. The number of rotatable bonds is 4. The summed E-state index contributed by atoms with van der Waals surface area (Å²) in [6.45, 7) is -0.152. The zero-order valence-electron chi connectivity index (χ0n) is 13.6. The largest absolute Gasteiger partial charge is 0.444 e. The molecule has 0 fully saturated rings. The van der Waals surface area contributed by atoms with E-state index in [0.717, 1.165) is 4.90 Å². The summed E-state index contributed by atoms with van der Waals surface area (Å²) in [7, 11) is 0. The Morgan fingerprint density at radius 2 is 1.85 bits per heavy atom. The molecule has 0 radical (unpaired) electrons. The van der Waals surface area contributed by atoms with Crippen LogP contribution in [0, 0.1) is 10.1 Å². The van der Waals surface area contributed by atoms with Crippen molar-refractivity contribution in [1.82, 2.24) is 9.88 Å². The fraction of sp³-hybridized carbons (Fsp3) is 0.0556. The van der Waals surface area contributed by atoms with Crippen LogP contribution in [0.1, 0.15) is 26.4 Å². The van der Waals surface area contributed by atoms with Crippen molar-refractivity contribution in [3.05, 3.63) is 80.7 Å². The Bertz CT molecular complexity index is 1090. The summed E-state index contributed by atoms with van der Waals surface area (Å²) < 4.78 is 5.40. The molecule has 1 aliphatic rings. The zero-order chi connectivity index (χ0) is 19.1. The highest BCUT2D eigenvalue weighted by molar-refractivity contribution is 6.30. The Balaban J connectivity index is 1.62. The van der Waals surface area contributed by atoms with Crippen LogP contribution in [0.15, 0.2) is 53.1 Å². The molecule has 9 heteroatoms. The molecule has 0 unspecified atom stereocenters. The van der Waals surface area contributed by atoms with Gasteiger partial charge in [-0.1, -0.05) is 17.7 Å². The number of hydrogen-bond acceptors (Lipinski definition) is 6. The topological polar surface area (TPSA) is 107 Å². The van der Waals surface area contributed by atoms with E-state index in [1.54, 1.807) is 24.3 Å². The summed E-state index contributed by atoms with van der Waals surface area (Å²) in [5, 5.41) is 11.7. The number of imide groups is 1. The Labute approximate surface area is 157 Å². The summed E-state index contributed by atoms with van der Waals surface area (Å²) in [5.41, 5.74) is 0.445.